The van der Waals surface area contributed by atoms with Crippen molar-refractivity contribution in [1.82, 2.24) is 9.47 Å². The molecule has 0 aliphatic carbocycles. The molecule has 0 radical (unpaired) electrons. The average Bonchev–Trinajstić information content (AvgIpc) is 2.76. The number of rotatable bonds is 3. The fourth-order valence-electron chi connectivity index (χ4n) is 4.74. The number of aryl methyl sites for hydroxylation is 1. The van der Waals surface area contributed by atoms with E-state index in [1.54, 1.807) is 24.3 Å². The lowest BCUT2D eigenvalue weighted by molar-refractivity contribution is -0.136. The molecule has 0 spiro atoms. The number of hydrogen-bond acceptors (Lipinski definition) is 5. The number of fused-ring (bicyclic) bond motifs is 5. The first-order valence-electron chi connectivity index (χ1n) is 10.2. The predicted octanol–water partition coefficient (Wildman–Crippen LogP) is 3.05. The number of pyridine rings is 1. The number of benzene rings is 1. The Morgan fingerprint density at radius 1 is 1.19 bits per heavy atom. The number of nitrogens with zero attached hydrogens (tertiary/aromatic N) is 2. The van der Waals surface area contributed by atoms with Crippen molar-refractivity contribution < 1.29 is 13.9 Å². The molecule has 1 fully saturated rings. The van der Waals surface area contributed by atoms with Gasteiger partial charge in [-0.05, 0) is 59.0 Å². The summed E-state index contributed by atoms with van der Waals surface area (Å²) < 4.78 is 13.3. The Morgan fingerprint density at radius 2 is 2.03 bits per heavy atom. The first-order chi connectivity index (χ1) is 14.9. The summed E-state index contributed by atoms with van der Waals surface area (Å²) in [6.07, 6.45) is 0.993. The molecule has 1 saturated heterocycles. The van der Waals surface area contributed by atoms with E-state index < -0.39 is 5.63 Å². The van der Waals surface area contributed by atoms with Crippen molar-refractivity contribution in [3.05, 3.63) is 72.9 Å². The molecule has 1 aromatic carbocycles. The van der Waals surface area contributed by atoms with Gasteiger partial charge in [-0.3, -0.25) is 9.59 Å². The van der Waals surface area contributed by atoms with Gasteiger partial charge in [-0.25, -0.2) is 4.79 Å². The van der Waals surface area contributed by atoms with E-state index in [0.717, 1.165) is 23.1 Å². The Bertz CT molecular complexity index is 1310. The van der Waals surface area contributed by atoms with Crippen LogP contribution < -0.4 is 15.9 Å². The van der Waals surface area contributed by atoms with Crippen molar-refractivity contribution in [3.8, 4) is 5.75 Å². The molecule has 0 N–H and O–H groups in total. The van der Waals surface area contributed by atoms with Crippen LogP contribution in [-0.4, -0.2) is 35.1 Å². The summed E-state index contributed by atoms with van der Waals surface area (Å²) in [5.41, 5.74) is 1.81. The summed E-state index contributed by atoms with van der Waals surface area (Å²) >= 11 is 3.24. The highest BCUT2D eigenvalue weighted by atomic mass is 79.9. The molecule has 2 bridgehead atoms. The second kappa shape index (κ2) is 7.67. The lowest BCUT2D eigenvalue weighted by Crippen LogP contribution is -2.50. The molecule has 160 valence electrons. The molecular weight excluding hydrogens is 464 g/mol. The third kappa shape index (κ3) is 3.59. The maximum absolute atomic E-state index is 12.9. The molecule has 2 aliphatic heterocycles. The molecule has 0 saturated carbocycles. The molecule has 2 aromatic heterocycles. The smallest absolute Gasteiger partial charge is 0.350 e. The fraction of sp³-hybridized carbons (Fsp3) is 0.348. The van der Waals surface area contributed by atoms with E-state index >= 15 is 0 Å². The zero-order chi connectivity index (χ0) is 21.7. The number of amides is 1. The van der Waals surface area contributed by atoms with Crippen LogP contribution in [0, 0.1) is 12.8 Å². The fourth-order valence-corrected chi connectivity index (χ4v) is 5.03. The number of hydrogen-bond donors (Lipinski definition) is 0. The highest BCUT2D eigenvalue weighted by Crippen LogP contribution is 2.35. The van der Waals surface area contributed by atoms with Crippen molar-refractivity contribution in [2.45, 2.75) is 25.8 Å². The van der Waals surface area contributed by atoms with E-state index in [1.165, 1.54) is 0 Å². The minimum absolute atomic E-state index is 0.0283. The van der Waals surface area contributed by atoms with Crippen molar-refractivity contribution in [2.75, 3.05) is 19.7 Å². The molecule has 31 heavy (non-hydrogen) atoms. The van der Waals surface area contributed by atoms with Crippen LogP contribution >= 0.6 is 15.9 Å². The second-order valence-electron chi connectivity index (χ2n) is 8.27. The van der Waals surface area contributed by atoms with Crippen LogP contribution in [0.5, 0.6) is 5.75 Å². The van der Waals surface area contributed by atoms with Gasteiger partial charge in [0.1, 0.15) is 15.8 Å². The lowest BCUT2D eigenvalue weighted by atomic mass is 9.83. The first-order valence-corrected chi connectivity index (χ1v) is 11.0. The molecule has 1 unspecified atom stereocenters. The highest BCUT2D eigenvalue weighted by molar-refractivity contribution is 9.10. The number of ether oxygens (including phenoxy) is 1. The molecule has 3 aromatic rings. The minimum Gasteiger partial charge on any atom is -0.484 e. The van der Waals surface area contributed by atoms with Gasteiger partial charge in [-0.2, -0.15) is 0 Å². The van der Waals surface area contributed by atoms with E-state index in [-0.39, 0.29) is 29.9 Å². The molecule has 2 atom stereocenters. The Labute approximate surface area is 186 Å². The van der Waals surface area contributed by atoms with Crippen molar-refractivity contribution >= 4 is 32.8 Å². The van der Waals surface area contributed by atoms with Crippen molar-refractivity contribution in [3.63, 3.8) is 0 Å². The zero-order valence-corrected chi connectivity index (χ0v) is 18.6. The number of halogens is 1. The van der Waals surface area contributed by atoms with Crippen LogP contribution in [0.4, 0.5) is 0 Å². The van der Waals surface area contributed by atoms with E-state index in [2.05, 4.69) is 15.9 Å². The predicted molar refractivity (Wildman–Crippen MR) is 119 cm³/mol. The maximum atomic E-state index is 12.9. The highest BCUT2D eigenvalue weighted by Gasteiger charge is 2.36. The van der Waals surface area contributed by atoms with E-state index in [9.17, 15) is 14.4 Å². The Hall–Kier alpha value is -2.87. The number of carbonyl (C=O) groups excluding carboxylic acids is 1. The molecule has 1 amide bonds. The molecule has 5 rings (SSSR count). The van der Waals surface area contributed by atoms with E-state index in [1.807, 2.05) is 28.5 Å². The number of carbonyl (C=O) groups is 1. The quantitative estimate of drug-likeness (QED) is 0.533. The minimum atomic E-state index is -0.447. The van der Waals surface area contributed by atoms with Gasteiger partial charge >= 0.3 is 5.63 Å². The van der Waals surface area contributed by atoms with Crippen LogP contribution in [0.15, 0.2) is 54.9 Å². The lowest BCUT2D eigenvalue weighted by Gasteiger charge is -2.42. The van der Waals surface area contributed by atoms with Crippen LogP contribution in [-0.2, 0) is 11.3 Å². The topological polar surface area (TPSA) is 81.8 Å². The third-order valence-electron chi connectivity index (χ3n) is 6.26. The summed E-state index contributed by atoms with van der Waals surface area (Å²) in [6.45, 7) is 3.61. The van der Waals surface area contributed by atoms with Crippen LogP contribution in [0.25, 0.3) is 11.0 Å². The zero-order valence-electron chi connectivity index (χ0n) is 17.0. The number of likely N-dealkylation sites (tertiary alicyclic amines) is 1. The monoisotopic (exact) mass is 484 g/mol. The SMILES string of the molecule is Cc1c(Br)c(=O)oc2cc(OCC(=O)N3CC4C[C@H](C3)Cn3c4cccc3=O)ccc12. The standard InChI is InChI=1S/C23H21BrN2O5/c1-13-17-6-5-16(8-19(17)31-23(29)22(13)24)30-12-21(28)25-9-14-7-15(11-25)18-3-2-4-20(27)26(18)10-14/h2-6,8,14-15H,7,9-12H2,1H3/t14-,15?/m1/s1. The third-order valence-corrected chi connectivity index (χ3v) is 7.18. The van der Waals surface area contributed by atoms with Crippen molar-refractivity contribution in [2.24, 2.45) is 5.92 Å². The van der Waals surface area contributed by atoms with Gasteiger partial charge in [0.25, 0.3) is 11.5 Å². The summed E-state index contributed by atoms with van der Waals surface area (Å²) in [6, 6.07) is 10.6. The largest absolute Gasteiger partial charge is 0.484 e. The van der Waals surface area contributed by atoms with Gasteiger partial charge in [0.15, 0.2) is 6.61 Å². The second-order valence-corrected chi connectivity index (χ2v) is 9.07. The van der Waals surface area contributed by atoms with Crippen LogP contribution in [0.2, 0.25) is 0 Å². The van der Waals surface area contributed by atoms with Gasteiger partial charge in [0.05, 0.1) is 0 Å². The van der Waals surface area contributed by atoms with Crippen LogP contribution in [0.3, 0.4) is 0 Å². The molecule has 4 heterocycles. The molecular formula is C23H21BrN2O5. The number of piperidine rings is 1. The van der Waals surface area contributed by atoms with E-state index in [0.29, 0.717) is 35.4 Å². The van der Waals surface area contributed by atoms with Gasteiger partial charge in [-0.15, -0.1) is 0 Å². The summed E-state index contributed by atoms with van der Waals surface area (Å²) in [4.78, 5) is 38.7. The Morgan fingerprint density at radius 3 is 2.87 bits per heavy atom. The Kier molecular flexibility index (Phi) is 4.97. The van der Waals surface area contributed by atoms with Crippen LogP contribution in [0.1, 0.15) is 23.6 Å². The normalized spacial score (nSPS) is 19.9. The summed E-state index contributed by atoms with van der Waals surface area (Å²) in [5, 5.41) is 0.808. The molecule has 2 aliphatic rings. The Balaban J connectivity index is 1.30. The molecule has 7 nitrogen and oxygen atoms in total. The summed E-state index contributed by atoms with van der Waals surface area (Å²) in [7, 11) is 0. The van der Waals surface area contributed by atoms with E-state index in [4.69, 9.17) is 9.15 Å². The van der Waals surface area contributed by atoms with Gasteiger partial charge in [0.2, 0.25) is 0 Å². The maximum Gasteiger partial charge on any atom is 0.350 e. The van der Waals surface area contributed by atoms with Gasteiger partial charge in [0, 0.05) is 48.8 Å². The first kappa shape index (κ1) is 20.1. The van der Waals surface area contributed by atoms with Crippen molar-refractivity contribution in [1.29, 1.82) is 0 Å². The average molecular weight is 485 g/mol. The summed E-state index contributed by atoms with van der Waals surface area (Å²) in [5.74, 6) is 0.822. The molecule has 8 heteroatoms. The van der Waals surface area contributed by atoms with Gasteiger partial charge in [-0.1, -0.05) is 6.07 Å². The number of aromatic nitrogens is 1. The van der Waals surface area contributed by atoms with Gasteiger partial charge < -0.3 is 18.6 Å².